The number of rotatable bonds is 2. The van der Waals surface area contributed by atoms with Gasteiger partial charge < -0.3 is 0 Å². The van der Waals surface area contributed by atoms with E-state index in [2.05, 4.69) is 0 Å². The van der Waals surface area contributed by atoms with Gasteiger partial charge in [-0.25, -0.2) is 4.90 Å². The van der Waals surface area contributed by atoms with E-state index in [1.807, 2.05) is 30.3 Å². The Balaban J connectivity index is 1.77. The van der Waals surface area contributed by atoms with Crippen molar-refractivity contribution >= 4 is 57.3 Å². The van der Waals surface area contributed by atoms with E-state index in [1.54, 1.807) is 24.3 Å². The van der Waals surface area contributed by atoms with Crippen LogP contribution in [0.25, 0.3) is 5.57 Å². The minimum absolute atomic E-state index is 0.244. The second-order valence-corrected chi connectivity index (χ2v) is 7.77. The van der Waals surface area contributed by atoms with Gasteiger partial charge in [0.05, 0.1) is 22.7 Å². The van der Waals surface area contributed by atoms with Crippen LogP contribution in [0, 0.1) is 0 Å². The average Bonchev–Trinajstić information content (AvgIpc) is 3.10. The Hall–Kier alpha value is -2.77. The normalized spacial score (nSPS) is 19.1. The van der Waals surface area contributed by atoms with Gasteiger partial charge in [-0.05, 0) is 11.6 Å². The summed E-state index contributed by atoms with van der Waals surface area (Å²) in [6, 6.07) is 16.5. The van der Waals surface area contributed by atoms with Gasteiger partial charge in [0.2, 0.25) is 5.91 Å². The Kier molecular flexibility index (Phi) is 4.41. The summed E-state index contributed by atoms with van der Waals surface area (Å²) in [5.41, 5.74) is 2.27. The number of hydrogen-bond acceptors (Lipinski definition) is 5. The summed E-state index contributed by atoms with van der Waals surface area (Å²) in [6.45, 7) is 1.67. The molecule has 0 saturated carbocycles. The van der Waals surface area contributed by atoms with E-state index in [9.17, 15) is 14.4 Å². The highest BCUT2D eigenvalue weighted by Crippen LogP contribution is 2.44. The number of nitrogens with zero attached hydrogens (tertiary/aromatic N) is 2. The van der Waals surface area contributed by atoms with Crippen molar-refractivity contribution in [3.05, 3.63) is 70.6 Å². The Bertz CT molecular complexity index is 1030. The smallest absolute Gasteiger partial charge is 0.267 e. The number of imide groups is 1. The van der Waals surface area contributed by atoms with Gasteiger partial charge in [0.1, 0.15) is 4.32 Å². The number of hydrogen-bond donors (Lipinski definition) is 0. The zero-order chi connectivity index (χ0) is 19.1. The van der Waals surface area contributed by atoms with E-state index in [0.717, 1.165) is 22.2 Å². The minimum Gasteiger partial charge on any atom is -0.288 e. The molecule has 2 aliphatic rings. The number of amides is 3. The van der Waals surface area contributed by atoms with Crippen molar-refractivity contribution < 1.29 is 14.4 Å². The molecule has 5 nitrogen and oxygen atoms in total. The van der Waals surface area contributed by atoms with Crippen LogP contribution in [-0.4, -0.2) is 26.9 Å². The fourth-order valence-electron chi connectivity index (χ4n) is 3.20. The topological polar surface area (TPSA) is 57.7 Å². The first-order chi connectivity index (χ1) is 13.0. The summed E-state index contributed by atoms with van der Waals surface area (Å²) < 4.78 is 0.401. The number of thioether (sulfide) groups is 1. The lowest BCUT2D eigenvalue weighted by atomic mass is 10.1. The molecule has 0 spiro atoms. The predicted molar refractivity (Wildman–Crippen MR) is 109 cm³/mol. The lowest BCUT2D eigenvalue weighted by Gasteiger charge is -2.14. The molecule has 2 heterocycles. The second-order valence-electron chi connectivity index (χ2n) is 6.13. The Labute approximate surface area is 165 Å². The average molecular weight is 394 g/mol. The SMILES string of the molecule is CC(=O)N1C(=O)/C(=C2\SC(=S)N(Cc3ccccc3)C2=O)c2ccccc21. The zero-order valence-corrected chi connectivity index (χ0v) is 16.0. The van der Waals surface area contributed by atoms with E-state index in [1.165, 1.54) is 11.8 Å². The van der Waals surface area contributed by atoms with Crippen LogP contribution >= 0.6 is 24.0 Å². The molecule has 0 N–H and O–H groups in total. The summed E-state index contributed by atoms with van der Waals surface area (Å²) >= 11 is 6.50. The maximum atomic E-state index is 13.0. The maximum absolute atomic E-state index is 13.0. The number of fused-ring (bicyclic) bond motifs is 1. The Morgan fingerprint density at radius 2 is 1.67 bits per heavy atom. The van der Waals surface area contributed by atoms with Crippen molar-refractivity contribution in [2.24, 2.45) is 0 Å². The van der Waals surface area contributed by atoms with Gasteiger partial charge in [0, 0.05) is 12.5 Å². The van der Waals surface area contributed by atoms with Gasteiger partial charge >= 0.3 is 0 Å². The molecule has 2 aromatic carbocycles. The molecule has 27 heavy (non-hydrogen) atoms. The summed E-state index contributed by atoms with van der Waals surface area (Å²) in [4.78, 5) is 40.8. The fourth-order valence-corrected chi connectivity index (χ4v) is 4.53. The van der Waals surface area contributed by atoms with Crippen LogP contribution in [0.4, 0.5) is 5.69 Å². The predicted octanol–water partition coefficient (Wildman–Crippen LogP) is 3.35. The molecule has 2 aromatic rings. The van der Waals surface area contributed by atoms with E-state index >= 15 is 0 Å². The van der Waals surface area contributed by atoms with Crippen LogP contribution in [0.15, 0.2) is 59.5 Å². The molecule has 134 valence electrons. The summed E-state index contributed by atoms with van der Waals surface area (Å²) in [7, 11) is 0. The second kappa shape index (κ2) is 6.75. The Morgan fingerprint density at radius 1 is 1.00 bits per heavy atom. The lowest BCUT2D eigenvalue weighted by molar-refractivity contribution is -0.124. The third kappa shape index (κ3) is 2.89. The molecule has 4 rings (SSSR count). The number of para-hydroxylation sites is 1. The molecular weight excluding hydrogens is 380 g/mol. The quantitative estimate of drug-likeness (QED) is 0.578. The first kappa shape index (κ1) is 17.6. The van der Waals surface area contributed by atoms with Crippen LogP contribution in [0.1, 0.15) is 18.1 Å². The van der Waals surface area contributed by atoms with E-state index in [4.69, 9.17) is 12.2 Å². The van der Waals surface area contributed by atoms with Gasteiger partial charge in [-0.1, -0.05) is 72.5 Å². The molecule has 0 radical (unpaired) electrons. The van der Waals surface area contributed by atoms with Crippen LogP contribution in [0.5, 0.6) is 0 Å². The molecule has 0 bridgehead atoms. The van der Waals surface area contributed by atoms with E-state index in [-0.39, 0.29) is 22.3 Å². The molecule has 2 aliphatic heterocycles. The molecule has 0 aromatic heterocycles. The number of carbonyl (C=O) groups is 3. The van der Waals surface area contributed by atoms with Gasteiger partial charge in [0.15, 0.2) is 0 Å². The molecule has 1 saturated heterocycles. The van der Waals surface area contributed by atoms with Gasteiger partial charge in [0.25, 0.3) is 11.8 Å². The molecule has 0 atom stereocenters. The highest BCUT2D eigenvalue weighted by molar-refractivity contribution is 8.26. The lowest BCUT2D eigenvalue weighted by Crippen LogP contribution is -2.32. The molecule has 3 amide bonds. The molecule has 7 heteroatoms. The first-order valence-corrected chi connectivity index (χ1v) is 9.48. The van der Waals surface area contributed by atoms with Crippen molar-refractivity contribution in [1.29, 1.82) is 0 Å². The molecular formula is C20H14N2O3S2. The van der Waals surface area contributed by atoms with Crippen LogP contribution in [-0.2, 0) is 20.9 Å². The minimum atomic E-state index is -0.482. The van der Waals surface area contributed by atoms with Gasteiger partial charge in [-0.15, -0.1) is 0 Å². The summed E-state index contributed by atoms with van der Waals surface area (Å²) in [5, 5.41) is 0. The van der Waals surface area contributed by atoms with E-state index in [0.29, 0.717) is 22.1 Å². The van der Waals surface area contributed by atoms with Gasteiger partial charge in [-0.2, -0.15) is 0 Å². The zero-order valence-electron chi connectivity index (χ0n) is 14.3. The standard InChI is InChI=1S/C20H14N2O3S2/c1-12(23)22-15-10-6-5-9-14(15)16(18(22)24)17-19(25)21(20(26)27-17)11-13-7-3-2-4-8-13/h2-10H,11H2,1H3/b17-16-. The van der Waals surface area contributed by atoms with E-state index < -0.39 is 5.91 Å². The third-order valence-electron chi connectivity index (χ3n) is 4.41. The van der Waals surface area contributed by atoms with Crippen LogP contribution in [0.2, 0.25) is 0 Å². The van der Waals surface area contributed by atoms with Crippen molar-refractivity contribution in [2.45, 2.75) is 13.5 Å². The van der Waals surface area contributed by atoms with Gasteiger partial charge in [-0.3, -0.25) is 19.3 Å². The number of thiocarbonyl (C=S) groups is 1. The molecule has 1 fully saturated rings. The third-order valence-corrected chi connectivity index (χ3v) is 5.85. The summed E-state index contributed by atoms with van der Waals surface area (Å²) in [6.07, 6.45) is 0. The van der Waals surface area contributed by atoms with Crippen molar-refractivity contribution in [3.8, 4) is 0 Å². The van der Waals surface area contributed by atoms with Crippen molar-refractivity contribution in [2.75, 3.05) is 4.90 Å². The van der Waals surface area contributed by atoms with Crippen molar-refractivity contribution in [1.82, 2.24) is 4.90 Å². The Morgan fingerprint density at radius 3 is 2.37 bits per heavy atom. The fraction of sp³-hybridized carbons (Fsp3) is 0.100. The van der Waals surface area contributed by atoms with Crippen LogP contribution < -0.4 is 4.90 Å². The largest absolute Gasteiger partial charge is 0.288 e. The highest BCUT2D eigenvalue weighted by atomic mass is 32.2. The van der Waals surface area contributed by atoms with Crippen LogP contribution in [0.3, 0.4) is 0 Å². The number of anilines is 1. The summed E-state index contributed by atoms with van der Waals surface area (Å²) in [5.74, 6) is -1.18. The van der Waals surface area contributed by atoms with Crippen molar-refractivity contribution in [3.63, 3.8) is 0 Å². The molecule has 0 aliphatic carbocycles. The number of carbonyl (C=O) groups excluding carboxylic acids is 3. The maximum Gasteiger partial charge on any atom is 0.267 e. The molecule has 0 unspecified atom stereocenters. The monoisotopic (exact) mass is 394 g/mol. The number of benzene rings is 2. The first-order valence-electron chi connectivity index (χ1n) is 8.25. The highest BCUT2D eigenvalue weighted by Gasteiger charge is 2.43.